The molecule has 0 saturated carbocycles. The summed E-state index contributed by atoms with van der Waals surface area (Å²) in [6.45, 7) is 9.03. The van der Waals surface area contributed by atoms with Gasteiger partial charge in [-0.2, -0.15) is 0 Å². The molecule has 1 aromatic carbocycles. The maximum absolute atomic E-state index is 13.6. The summed E-state index contributed by atoms with van der Waals surface area (Å²) in [4.78, 5) is 10.6. The standard InChI is InChI=1S/C15H22ClFN2O2/c1-5-6-18-14(15(2,3)4)8-10-7-12(17)11(16)9-13(10)19(20)21/h7,9,14,18H,5-6,8H2,1-4H3. The average molecular weight is 317 g/mol. The van der Waals surface area contributed by atoms with E-state index in [1.165, 1.54) is 6.07 Å². The van der Waals surface area contributed by atoms with Gasteiger partial charge in [-0.1, -0.05) is 39.3 Å². The van der Waals surface area contributed by atoms with Crippen molar-refractivity contribution in [1.29, 1.82) is 0 Å². The molecule has 0 heterocycles. The van der Waals surface area contributed by atoms with Gasteiger partial charge in [0.15, 0.2) is 0 Å². The molecule has 1 unspecified atom stereocenters. The Morgan fingerprint density at radius 2 is 2.05 bits per heavy atom. The van der Waals surface area contributed by atoms with E-state index < -0.39 is 10.7 Å². The second kappa shape index (κ2) is 7.18. The number of nitrogens with zero attached hydrogens (tertiary/aromatic N) is 1. The van der Waals surface area contributed by atoms with Crippen molar-refractivity contribution in [3.05, 3.63) is 38.7 Å². The van der Waals surface area contributed by atoms with E-state index in [2.05, 4.69) is 33.0 Å². The molecule has 4 nitrogen and oxygen atoms in total. The van der Waals surface area contributed by atoms with E-state index in [1.807, 2.05) is 0 Å². The van der Waals surface area contributed by atoms with Gasteiger partial charge in [0.2, 0.25) is 0 Å². The lowest BCUT2D eigenvalue weighted by atomic mass is 9.82. The van der Waals surface area contributed by atoms with Crippen molar-refractivity contribution in [3.63, 3.8) is 0 Å². The highest BCUT2D eigenvalue weighted by molar-refractivity contribution is 6.31. The molecule has 21 heavy (non-hydrogen) atoms. The fraction of sp³-hybridized carbons (Fsp3) is 0.600. The maximum Gasteiger partial charge on any atom is 0.274 e. The maximum atomic E-state index is 13.6. The third-order valence-electron chi connectivity index (χ3n) is 3.43. The molecule has 0 spiro atoms. The Labute approximate surface area is 129 Å². The molecule has 0 bridgehead atoms. The van der Waals surface area contributed by atoms with Crippen LogP contribution < -0.4 is 5.32 Å². The minimum Gasteiger partial charge on any atom is -0.313 e. The minimum absolute atomic E-state index is 0.0109. The van der Waals surface area contributed by atoms with Crippen LogP contribution in [0.2, 0.25) is 5.02 Å². The van der Waals surface area contributed by atoms with Crippen molar-refractivity contribution in [1.82, 2.24) is 5.32 Å². The smallest absolute Gasteiger partial charge is 0.274 e. The van der Waals surface area contributed by atoms with Crippen LogP contribution in [0.3, 0.4) is 0 Å². The van der Waals surface area contributed by atoms with Crippen LogP contribution in [0.15, 0.2) is 12.1 Å². The first kappa shape index (κ1) is 17.9. The molecule has 1 atom stereocenters. The third kappa shape index (κ3) is 4.93. The van der Waals surface area contributed by atoms with E-state index in [-0.39, 0.29) is 22.2 Å². The zero-order valence-corrected chi connectivity index (χ0v) is 13.6. The molecule has 0 aliphatic heterocycles. The van der Waals surface area contributed by atoms with Crippen molar-refractivity contribution in [2.45, 2.75) is 46.6 Å². The molecule has 0 saturated heterocycles. The Hall–Kier alpha value is -1.20. The van der Waals surface area contributed by atoms with E-state index in [4.69, 9.17) is 11.6 Å². The topological polar surface area (TPSA) is 55.2 Å². The van der Waals surface area contributed by atoms with Crippen LogP contribution in [-0.2, 0) is 6.42 Å². The van der Waals surface area contributed by atoms with E-state index in [1.54, 1.807) is 0 Å². The van der Waals surface area contributed by atoms with Gasteiger partial charge in [-0.15, -0.1) is 0 Å². The number of halogens is 2. The Morgan fingerprint density at radius 3 is 2.52 bits per heavy atom. The summed E-state index contributed by atoms with van der Waals surface area (Å²) in [7, 11) is 0. The van der Waals surface area contributed by atoms with Crippen LogP contribution in [0.5, 0.6) is 0 Å². The second-order valence-corrected chi connectivity index (χ2v) is 6.64. The predicted molar refractivity (Wildman–Crippen MR) is 83.3 cm³/mol. The summed E-state index contributed by atoms with van der Waals surface area (Å²) in [5, 5.41) is 14.3. The van der Waals surface area contributed by atoms with Crippen molar-refractivity contribution < 1.29 is 9.31 Å². The van der Waals surface area contributed by atoms with Crippen LogP contribution >= 0.6 is 11.6 Å². The summed E-state index contributed by atoms with van der Waals surface area (Å²) in [6.07, 6.45) is 1.34. The van der Waals surface area contributed by atoms with Crippen LogP contribution in [0.25, 0.3) is 0 Å². The normalized spacial score (nSPS) is 13.2. The number of hydrogen-bond donors (Lipinski definition) is 1. The highest BCUT2D eigenvalue weighted by Gasteiger charge is 2.28. The number of nitro groups is 1. The van der Waals surface area contributed by atoms with Crippen molar-refractivity contribution in [3.8, 4) is 0 Å². The summed E-state index contributed by atoms with van der Waals surface area (Å²) < 4.78 is 13.6. The molecular weight excluding hydrogens is 295 g/mol. The van der Waals surface area contributed by atoms with Crippen molar-refractivity contribution in [2.24, 2.45) is 5.41 Å². The Kier molecular flexibility index (Phi) is 6.10. The molecule has 0 aromatic heterocycles. The zero-order valence-electron chi connectivity index (χ0n) is 12.9. The molecule has 1 aromatic rings. The SMILES string of the molecule is CCCNC(Cc1cc(F)c(Cl)cc1[N+](=O)[O-])C(C)(C)C. The Bertz CT molecular complexity index is 515. The van der Waals surface area contributed by atoms with Crippen LogP contribution in [0.1, 0.15) is 39.7 Å². The number of nitro benzene ring substituents is 1. The van der Waals surface area contributed by atoms with Gasteiger partial charge >= 0.3 is 0 Å². The average Bonchev–Trinajstić information content (AvgIpc) is 2.36. The van der Waals surface area contributed by atoms with Gasteiger partial charge < -0.3 is 5.32 Å². The molecule has 1 rings (SSSR count). The molecule has 118 valence electrons. The highest BCUT2D eigenvalue weighted by atomic mass is 35.5. The predicted octanol–water partition coefficient (Wildman–Crippen LogP) is 4.34. The van der Waals surface area contributed by atoms with Crippen LogP contribution in [-0.4, -0.2) is 17.5 Å². The fourth-order valence-corrected chi connectivity index (χ4v) is 2.29. The summed E-state index contributed by atoms with van der Waals surface area (Å²) in [5.74, 6) is -0.625. The lowest BCUT2D eigenvalue weighted by Crippen LogP contribution is -2.42. The molecular formula is C15H22ClFN2O2. The highest BCUT2D eigenvalue weighted by Crippen LogP contribution is 2.30. The monoisotopic (exact) mass is 316 g/mol. The first-order valence-corrected chi connectivity index (χ1v) is 7.40. The van der Waals surface area contributed by atoms with Crippen molar-refractivity contribution in [2.75, 3.05) is 6.54 Å². The van der Waals surface area contributed by atoms with Crippen LogP contribution in [0.4, 0.5) is 10.1 Å². The van der Waals surface area contributed by atoms with Gasteiger partial charge in [0, 0.05) is 17.7 Å². The second-order valence-electron chi connectivity index (χ2n) is 6.23. The molecule has 0 radical (unpaired) electrons. The minimum atomic E-state index is -0.625. The molecule has 6 heteroatoms. The fourth-order valence-electron chi connectivity index (χ4n) is 2.13. The third-order valence-corrected chi connectivity index (χ3v) is 3.72. The lowest BCUT2D eigenvalue weighted by molar-refractivity contribution is -0.385. The van der Waals surface area contributed by atoms with E-state index in [0.29, 0.717) is 12.0 Å². The van der Waals surface area contributed by atoms with Gasteiger partial charge in [-0.05, 0) is 30.9 Å². The quantitative estimate of drug-likeness (QED) is 0.627. The Morgan fingerprint density at radius 1 is 1.43 bits per heavy atom. The van der Waals surface area contributed by atoms with Crippen LogP contribution in [0, 0.1) is 21.3 Å². The van der Waals surface area contributed by atoms with Gasteiger partial charge in [-0.3, -0.25) is 10.1 Å². The van der Waals surface area contributed by atoms with Gasteiger partial charge in [0.25, 0.3) is 5.69 Å². The number of benzene rings is 1. The number of rotatable bonds is 6. The lowest BCUT2D eigenvalue weighted by Gasteiger charge is -2.31. The van der Waals surface area contributed by atoms with Gasteiger partial charge in [-0.25, -0.2) is 4.39 Å². The number of hydrogen-bond acceptors (Lipinski definition) is 3. The van der Waals surface area contributed by atoms with E-state index in [9.17, 15) is 14.5 Å². The van der Waals surface area contributed by atoms with Gasteiger partial charge in [0.05, 0.1) is 9.95 Å². The molecule has 0 amide bonds. The van der Waals surface area contributed by atoms with E-state index in [0.717, 1.165) is 19.0 Å². The van der Waals surface area contributed by atoms with E-state index >= 15 is 0 Å². The molecule has 0 aliphatic carbocycles. The Balaban J connectivity index is 3.13. The zero-order chi connectivity index (χ0) is 16.2. The molecule has 1 N–H and O–H groups in total. The first-order valence-electron chi connectivity index (χ1n) is 7.02. The molecule has 0 aliphatic rings. The molecule has 0 fully saturated rings. The van der Waals surface area contributed by atoms with Gasteiger partial charge in [0.1, 0.15) is 5.82 Å². The summed E-state index contributed by atoms with van der Waals surface area (Å²) in [6, 6.07) is 2.27. The number of nitrogens with one attached hydrogen (secondary N) is 1. The summed E-state index contributed by atoms with van der Waals surface area (Å²) in [5.41, 5.74) is 0.137. The van der Waals surface area contributed by atoms with Crippen molar-refractivity contribution >= 4 is 17.3 Å². The summed E-state index contributed by atoms with van der Waals surface area (Å²) >= 11 is 5.64. The first-order chi connectivity index (χ1) is 9.66. The largest absolute Gasteiger partial charge is 0.313 e.